The second-order valence-electron chi connectivity index (χ2n) is 7.08. The molecule has 1 atom stereocenters. The van der Waals surface area contributed by atoms with Crippen molar-refractivity contribution in [3.63, 3.8) is 0 Å². The fourth-order valence-electron chi connectivity index (χ4n) is 3.72. The molecule has 0 amide bonds. The summed E-state index contributed by atoms with van der Waals surface area (Å²) in [6.07, 6.45) is 5.57. The van der Waals surface area contributed by atoms with Crippen molar-refractivity contribution < 1.29 is 22.4 Å². The van der Waals surface area contributed by atoms with Crippen molar-refractivity contribution in [1.29, 1.82) is 0 Å². The van der Waals surface area contributed by atoms with Crippen LogP contribution < -0.4 is 0 Å². The average molecular weight is 340 g/mol. The van der Waals surface area contributed by atoms with Gasteiger partial charge in [-0.3, -0.25) is 4.55 Å². The maximum atomic E-state index is 11.6. The Balaban J connectivity index is 1.86. The molecular weight excluding hydrogens is 316 g/mol. The molecular formula is C17H24O5S. The Hall–Kier alpha value is -0.950. The predicted molar refractivity (Wildman–Crippen MR) is 86.0 cm³/mol. The monoisotopic (exact) mass is 340 g/mol. The van der Waals surface area contributed by atoms with Crippen molar-refractivity contribution in [3.8, 4) is 0 Å². The summed E-state index contributed by atoms with van der Waals surface area (Å²) in [6, 6.07) is 4.93. The SMILES string of the molecule is Cc1ccc(S(=O)(=O)O)c(C[C@]2(C)COC3(CCCCC3)O2)c1. The molecule has 1 aromatic carbocycles. The summed E-state index contributed by atoms with van der Waals surface area (Å²) in [4.78, 5) is -0.0440. The standard InChI is InChI=1S/C17H24O5S/c1-13-6-7-15(23(18,19)20)14(10-13)11-16(2)12-21-17(22-16)8-4-3-5-9-17/h6-7,10H,3-5,8-9,11-12H2,1-2H3,(H,18,19,20)/t16-/m1/s1. The Bertz CT molecular complexity index is 691. The van der Waals surface area contributed by atoms with Gasteiger partial charge in [0.05, 0.1) is 17.1 Å². The second kappa shape index (κ2) is 5.84. The van der Waals surface area contributed by atoms with E-state index in [9.17, 15) is 13.0 Å². The van der Waals surface area contributed by atoms with Gasteiger partial charge in [-0.15, -0.1) is 0 Å². The van der Waals surface area contributed by atoms with Crippen molar-refractivity contribution in [1.82, 2.24) is 0 Å². The van der Waals surface area contributed by atoms with E-state index in [1.807, 2.05) is 13.8 Å². The molecule has 1 N–H and O–H groups in total. The molecule has 2 aliphatic rings. The summed E-state index contributed by atoms with van der Waals surface area (Å²) in [5, 5.41) is 0. The van der Waals surface area contributed by atoms with Gasteiger partial charge in [0.15, 0.2) is 5.79 Å². The van der Waals surface area contributed by atoms with Crippen LogP contribution in [0.25, 0.3) is 0 Å². The van der Waals surface area contributed by atoms with Crippen molar-refractivity contribution >= 4 is 10.1 Å². The van der Waals surface area contributed by atoms with E-state index in [2.05, 4.69) is 0 Å². The van der Waals surface area contributed by atoms with Crippen LogP contribution in [0.15, 0.2) is 23.1 Å². The summed E-state index contributed by atoms with van der Waals surface area (Å²) in [7, 11) is -4.25. The van der Waals surface area contributed by atoms with Gasteiger partial charge in [-0.25, -0.2) is 0 Å². The van der Waals surface area contributed by atoms with Crippen LogP contribution in [-0.4, -0.2) is 31.0 Å². The minimum absolute atomic E-state index is 0.0440. The molecule has 1 saturated heterocycles. The topological polar surface area (TPSA) is 72.8 Å². The van der Waals surface area contributed by atoms with Gasteiger partial charge in [0.25, 0.3) is 10.1 Å². The number of ether oxygens (including phenoxy) is 2. The first-order chi connectivity index (χ1) is 10.7. The van der Waals surface area contributed by atoms with Crippen LogP contribution in [-0.2, 0) is 26.0 Å². The van der Waals surface area contributed by atoms with E-state index < -0.39 is 21.5 Å². The van der Waals surface area contributed by atoms with E-state index in [1.165, 1.54) is 12.5 Å². The quantitative estimate of drug-likeness (QED) is 0.855. The highest BCUT2D eigenvalue weighted by atomic mass is 32.2. The normalized spacial score (nSPS) is 27.4. The first-order valence-electron chi connectivity index (χ1n) is 8.13. The van der Waals surface area contributed by atoms with E-state index in [1.54, 1.807) is 12.1 Å². The Labute approximate surface area is 137 Å². The third-order valence-electron chi connectivity index (χ3n) is 4.75. The Morgan fingerprint density at radius 1 is 1.22 bits per heavy atom. The molecule has 1 spiro atoms. The maximum absolute atomic E-state index is 11.6. The van der Waals surface area contributed by atoms with Crippen LogP contribution in [0, 0.1) is 6.92 Å². The van der Waals surface area contributed by atoms with Gasteiger partial charge in [0.1, 0.15) is 0 Å². The molecule has 1 aromatic rings. The zero-order valence-electron chi connectivity index (χ0n) is 13.7. The third-order valence-corrected chi connectivity index (χ3v) is 5.70. The van der Waals surface area contributed by atoms with E-state index in [4.69, 9.17) is 9.47 Å². The van der Waals surface area contributed by atoms with Crippen molar-refractivity contribution in [2.24, 2.45) is 0 Å². The van der Waals surface area contributed by atoms with Crippen LogP contribution in [0.3, 0.4) is 0 Å². The summed E-state index contributed by atoms with van der Waals surface area (Å²) in [6.45, 7) is 4.28. The third kappa shape index (κ3) is 3.60. The molecule has 0 aromatic heterocycles. The van der Waals surface area contributed by atoms with E-state index >= 15 is 0 Å². The first kappa shape index (κ1) is 16.9. The lowest BCUT2D eigenvalue weighted by molar-refractivity contribution is -0.201. The largest absolute Gasteiger partial charge is 0.347 e. The smallest absolute Gasteiger partial charge is 0.294 e. The first-order valence-corrected chi connectivity index (χ1v) is 9.57. The van der Waals surface area contributed by atoms with Crippen LogP contribution in [0.2, 0.25) is 0 Å². The van der Waals surface area contributed by atoms with Gasteiger partial charge in [-0.1, -0.05) is 24.1 Å². The lowest BCUT2D eigenvalue weighted by atomic mass is 9.93. The lowest BCUT2D eigenvalue weighted by Crippen LogP contribution is -2.38. The van der Waals surface area contributed by atoms with Crippen molar-refractivity contribution in [3.05, 3.63) is 29.3 Å². The highest BCUT2D eigenvalue weighted by Crippen LogP contribution is 2.43. The Morgan fingerprint density at radius 3 is 2.57 bits per heavy atom. The molecule has 0 bridgehead atoms. The highest BCUT2D eigenvalue weighted by Gasteiger charge is 2.48. The number of benzene rings is 1. The number of hydrogen-bond acceptors (Lipinski definition) is 4. The molecule has 0 unspecified atom stereocenters. The maximum Gasteiger partial charge on any atom is 0.294 e. The summed E-state index contributed by atoms with van der Waals surface area (Å²) < 4.78 is 45.0. The predicted octanol–water partition coefficient (Wildman–Crippen LogP) is 3.25. The number of rotatable bonds is 3. The van der Waals surface area contributed by atoms with Gasteiger partial charge < -0.3 is 9.47 Å². The van der Waals surface area contributed by atoms with E-state index in [0.29, 0.717) is 18.6 Å². The molecule has 0 radical (unpaired) electrons. The van der Waals surface area contributed by atoms with Gasteiger partial charge in [-0.05, 0) is 38.3 Å². The Morgan fingerprint density at radius 2 is 1.91 bits per heavy atom. The van der Waals surface area contributed by atoms with Crippen LogP contribution in [0.5, 0.6) is 0 Å². The summed E-state index contributed by atoms with van der Waals surface area (Å²) in [5.74, 6) is -0.505. The molecule has 128 valence electrons. The Kier molecular flexibility index (Phi) is 4.29. The molecule has 6 heteroatoms. The summed E-state index contributed by atoms with van der Waals surface area (Å²) >= 11 is 0. The van der Waals surface area contributed by atoms with Crippen LogP contribution in [0.1, 0.15) is 50.2 Å². The minimum Gasteiger partial charge on any atom is -0.347 e. The van der Waals surface area contributed by atoms with Crippen molar-refractivity contribution in [2.75, 3.05) is 6.61 Å². The molecule has 5 nitrogen and oxygen atoms in total. The zero-order chi connectivity index (χ0) is 16.7. The fraction of sp³-hybridized carbons (Fsp3) is 0.647. The molecule has 23 heavy (non-hydrogen) atoms. The van der Waals surface area contributed by atoms with Crippen molar-refractivity contribution in [2.45, 2.75) is 68.7 Å². The van der Waals surface area contributed by atoms with Crippen LogP contribution >= 0.6 is 0 Å². The van der Waals surface area contributed by atoms with E-state index in [-0.39, 0.29) is 4.90 Å². The highest BCUT2D eigenvalue weighted by molar-refractivity contribution is 7.85. The van der Waals surface area contributed by atoms with Crippen LogP contribution in [0.4, 0.5) is 0 Å². The molecule has 2 fully saturated rings. The second-order valence-corrected chi connectivity index (χ2v) is 8.46. The molecule has 1 aliphatic heterocycles. The fourth-order valence-corrected chi connectivity index (χ4v) is 4.42. The molecule has 1 heterocycles. The van der Waals surface area contributed by atoms with Gasteiger partial charge >= 0.3 is 0 Å². The number of aryl methyl sites for hydroxylation is 1. The average Bonchev–Trinajstić information content (AvgIpc) is 2.75. The lowest BCUT2D eigenvalue weighted by Gasteiger charge is -2.34. The van der Waals surface area contributed by atoms with Gasteiger partial charge in [-0.2, -0.15) is 8.42 Å². The van der Waals surface area contributed by atoms with Gasteiger partial charge in [0.2, 0.25) is 0 Å². The molecule has 1 saturated carbocycles. The molecule has 3 rings (SSSR count). The molecule has 1 aliphatic carbocycles. The summed E-state index contributed by atoms with van der Waals surface area (Å²) in [5.41, 5.74) is 0.943. The number of hydrogen-bond donors (Lipinski definition) is 1. The van der Waals surface area contributed by atoms with E-state index in [0.717, 1.165) is 31.2 Å². The minimum atomic E-state index is -4.25. The zero-order valence-corrected chi connectivity index (χ0v) is 14.5. The van der Waals surface area contributed by atoms with Gasteiger partial charge in [0, 0.05) is 19.3 Å².